The van der Waals surface area contributed by atoms with Gasteiger partial charge in [0.2, 0.25) is 0 Å². The number of thioether (sulfide) groups is 1. The predicted octanol–water partition coefficient (Wildman–Crippen LogP) is 2.66. The molecule has 0 saturated heterocycles. The van der Waals surface area contributed by atoms with Crippen LogP contribution >= 0.6 is 27.7 Å². The fraction of sp³-hybridized carbons (Fsp3) is 0.556. The van der Waals surface area contributed by atoms with Crippen molar-refractivity contribution in [1.29, 1.82) is 0 Å². The summed E-state index contributed by atoms with van der Waals surface area (Å²) in [7, 11) is 0. The zero-order valence-electron chi connectivity index (χ0n) is 8.74. The molecule has 0 N–H and O–H groups in total. The lowest BCUT2D eigenvalue weighted by Crippen LogP contribution is -2.31. The van der Waals surface area contributed by atoms with Gasteiger partial charge in [-0.1, -0.05) is 15.9 Å². The summed E-state index contributed by atoms with van der Waals surface area (Å²) >= 11 is 4.70. The molecule has 7 heteroatoms. The lowest BCUT2D eigenvalue weighted by molar-refractivity contribution is 0.155. The van der Waals surface area contributed by atoms with Gasteiger partial charge in [0, 0.05) is 17.9 Å². The number of aromatic nitrogens is 2. The maximum absolute atomic E-state index is 12.4. The minimum absolute atomic E-state index is 0.309. The zero-order chi connectivity index (χ0) is 12.0. The second-order valence-corrected chi connectivity index (χ2v) is 4.56. The van der Waals surface area contributed by atoms with Gasteiger partial charge in [0.15, 0.2) is 0 Å². The molecule has 1 aromatic rings. The minimum atomic E-state index is -2.37. The number of anilines is 1. The lowest BCUT2D eigenvalue weighted by atomic mass is 10.4. The molecule has 0 aromatic carbocycles. The Kier molecular flexibility index (Phi) is 5.97. The van der Waals surface area contributed by atoms with Gasteiger partial charge in [0.1, 0.15) is 17.2 Å². The lowest BCUT2D eigenvalue weighted by Gasteiger charge is -2.22. The van der Waals surface area contributed by atoms with Gasteiger partial charge in [-0.3, -0.25) is 0 Å². The van der Waals surface area contributed by atoms with Crippen molar-refractivity contribution in [2.75, 3.05) is 29.6 Å². The van der Waals surface area contributed by atoms with Crippen molar-refractivity contribution in [2.45, 2.75) is 11.5 Å². The number of hydrogen-bond acceptors (Lipinski definition) is 4. The van der Waals surface area contributed by atoms with E-state index in [-0.39, 0.29) is 6.54 Å². The summed E-state index contributed by atoms with van der Waals surface area (Å²) in [5.41, 5.74) is 0. The van der Waals surface area contributed by atoms with Crippen molar-refractivity contribution in [3.05, 3.63) is 12.4 Å². The fourth-order valence-corrected chi connectivity index (χ4v) is 1.99. The van der Waals surface area contributed by atoms with E-state index in [9.17, 15) is 8.78 Å². The van der Waals surface area contributed by atoms with Crippen LogP contribution in [0, 0.1) is 0 Å². The van der Waals surface area contributed by atoms with E-state index in [1.807, 2.05) is 6.26 Å². The Morgan fingerprint density at radius 1 is 1.50 bits per heavy atom. The summed E-state index contributed by atoms with van der Waals surface area (Å²) in [4.78, 5) is 9.55. The molecule has 3 nitrogen and oxygen atoms in total. The molecule has 0 atom stereocenters. The molecular weight excluding hydrogens is 300 g/mol. The number of nitrogens with zero attached hydrogens (tertiary/aromatic N) is 3. The van der Waals surface area contributed by atoms with Crippen LogP contribution in [-0.4, -0.2) is 41.1 Å². The highest BCUT2D eigenvalue weighted by atomic mass is 79.9. The summed E-state index contributed by atoms with van der Waals surface area (Å²) in [5, 5.41) is 1.40. The molecule has 16 heavy (non-hydrogen) atoms. The summed E-state index contributed by atoms with van der Waals surface area (Å²) in [5.74, 6) is 0.541. The molecule has 0 amide bonds. The van der Waals surface area contributed by atoms with E-state index in [4.69, 9.17) is 0 Å². The highest BCUT2D eigenvalue weighted by Gasteiger charge is 2.13. The summed E-state index contributed by atoms with van der Waals surface area (Å²) in [6.45, 7) is 0.186. The number of rotatable bonds is 6. The number of alkyl halides is 3. The summed E-state index contributed by atoms with van der Waals surface area (Å²) < 4.78 is 24.7. The third kappa shape index (κ3) is 4.21. The number of hydrogen-bond donors (Lipinski definition) is 0. The second kappa shape index (κ2) is 7.01. The summed E-state index contributed by atoms with van der Waals surface area (Å²) in [6.07, 6.45) is 0.911. The Morgan fingerprint density at radius 3 is 2.81 bits per heavy atom. The van der Waals surface area contributed by atoms with Crippen LogP contribution in [-0.2, 0) is 0 Å². The van der Waals surface area contributed by atoms with Crippen LogP contribution in [0.3, 0.4) is 0 Å². The Balaban J connectivity index is 2.82. The molecule has 1 aromatic heterocycles. The van der Waals surface area contributed by atoms with Gasteiger partial charge in [-0.05, 0) is 6.26 Å². The molecule has 0 fully saturated rings. The van der Waals surface area contributed by atoms with Crippen molar-refractivity contribution in [2.24, 2.45) is 0 Å². The average Bonchev–Trinajstić information content (AvgIpc) is 2.28. The van der Waals surface area contributed by atoms with Crippen molar-refractivity contribution in [3.63, 3.8) is 0 Å². The minimum Gasteiger partial charge on any atom is -0.350 e. The molecule has 0 aliphatic rings. The van der Waals surface area contributed by atoms with Crippen LogP contribution in [0.1, 0.15) is 0 Å². The van der Waals surface area contributed by atoms with Crippen LogP contribution in [0.15, 0.2) is 17.4 Å². The molecule has 0 bridgehead atoms. The maximum atomic E-state index is 12.4. The van der Waals surface area contributed by atoms with E-state index in [2.05, 4.69) is 25.9 Å². The molecule has 0 spiro atoms. The highest BCUT2D eigenvalue weighted by Crippen LogP contribution is 2.18. The van der Waals surface area contributed by atoms with Crippen LogP contribution < -0.4 is 4.90 Å². The van der Waals surface area contributed by atoms with E-state index < -0.39 is 6.43 Å². The molecule has 0 unspecified atom stereocenters. The van der Waals surface area contributed by atoms with Crippen molar-refractivity contribution >= 4 is 33.5 Å². The topological polar surface area (TPSA) is 29.0 Å². The normalized spacial score (nSPS) is 10.8. The predicted molar refractivity (Wildman–Crippen MR) is 65.8 cm³/mol. The first-order chi connectivity index (χ1) is 7.67. The first kappa shape index (κ1) is 13.6. The SMILES string of the molecule is CSc1cc(N(CCBr)CC(F)F)ncn1. The Labute approximate surface area is 106 Å². The Morgan fingerprint density at radius 2 is 2.25 bits per heavy atom. The van der Waals surface area contributed by atoms with Crippen LogP contribution in [0.4, 0.5) is 14.6 Å². The Bertz CT molecular complexity index is 327. The molecule has 0 saturated carbocycles. The van der Waals surface area contributed by atoms with Gasteiger partial charge in [0.25, 0.3) is 6.43 Å². The molecule has 0 radical (unpaired) electrons. The van der Waals surface area contributed by atoms with E-state index in [1.54, 1.807) is 11.0 Å². The summed E-state index contributed by atoms with van der Waals surface area (Å²) in [6, 6.07) is 1.72. The molecule has 90 valence electrons. The smallest absolute Gasteiger partial charge is 0.255 e. The van der Waals surface area contributed by atoms with Gasteiger partial charge in [-0.15, -0.1) is 11.8 Å². The molecular formula is C9H12BrF2N3S. The molecule has 1 rings (SSSR count). The van der Waals surface area contributed by atoms with E-state index in [0.717, 1.165) is 5.03 Å². The third-order valence-corrected chi connectivity index (χ3v) is 2.87. The van der Waals surface area contributed by atoms with E-state index >= 15 is 0 Å². The first-order valence-electron chi connectivity index (χ1n) is 4.62. The first-order valence-corrected chi connectivity index (χ1v) is 6.97. The van der Waals surface area contributed by atoms with Gasteiger partial charge in [-0.2, -0.15) is 0 Å². The standard InChI is InChI=1S/C9H12BrF2N3S/c1-16-9-4-8(13-6-14-9)15(3-2-10)5-7(11)12/h4,6-7H,2-3,5H2,1H3. The quantitative estimate of drug-likeness (QED) is 0.459. The zero-order valence-corrected chi connectivity index (χ0v) is 11.1. The van der Waals surface area contributed by atoms with Crippen molar-refractivity contribution in [3.8, 4) is 0 Å². The monoisotopic (exact) mass is 311 g/mol. The van der Waals surface area contributed by atoms with Gasteiger partial charge < -0.3 is 4.90 Å². The third-order valence-electron chi connectivity index (χ3n) is 1.87. The molecule has 0 aliphatic heterocycles. The van der Waals surface area contributed by atoms with Crippen LogP contribution in [0.2, 0.25) is 0 Å². The fourth-order valence-electron chi connectivity index (χ4n) is 1.18. The largest absolute Gasteiger partial charge is 0.350 e. The maximum Gasteiger partial charge on any atom is 0.255 e. The van der Waals surface area contributed by atoms with Crippen LogP contribution in [0.25, 0.3) is 0 Å². The molecule has 0 aliphatic carbocycles. The van der Waals surface area contributed by atoms with Crippen molar-refractivity contribution in [1.82, 2.24) is 9.97 Å². The Hall–Kier alpha value is -0.430. The second-order valence-electron chi connectivity index (χ2n) is 2.94. The van der Waals surface area contributed by atoms with Crippen LogP contribution in [0.5, 0.6) is 0 Å². The van der Waals surface area contributed by atoms with Gasteiger partial charge in [-0.25, -0.2) is 18.7 Å². The highest BCUT2D eigenvalue weighted by molar-refractivity contribution is 9.09. The van der Waals surface area contributed by atoms with Gasteiger partial charge in [0.05, 0.1) is 6.54 Å². The molecule has 1 heterocycles. The van der Waals surface area contributed by atoms with E-state index in [0.29, 0.717) is 17.7 Å². The average molecular weight is 312 g/mol. The van der Waals surface area contributed by atoms with Crippen molar-refractivity contribution < 1.29 is 8.78 Å². The van der Waals surface area contributed by atoms with E-state index in [1.165, 1.54) is 18.1 Å². The van der Waals surface area contributed by atoms with Gasteiger partial charge >= 0.3 is 0 Å². The number of halogens is 3.